The largest absolute Gasteiger partial charge is 0.468 e. The lowest BCUT2D eigenvalue weighted by Gasteiger charge is -2.09. The number of aryl methyl sites for hydroxylation is 2. The maximum Gasteiger partial charge on any atom is 0.336 e. The van der Waals surface area contributed by atoms with Crippen molar-refractivity contribution in [2.75, 3.05) is 12.4 Å². The Balaban J connectivity index is 1.98. The lowest BCUT2D eigenvalue weighted by atomic mass is 10.1. The standard InChI is InChI=1S/C17H15NO5/c1-9-7-15(19)22-14-6-10(2)12(8-11(9)14)18-17(20)13-4-5-16(21-3)23-13/h4-8H,1-3H3,(H,18,20). The van der Waals surface area contributed by atoms with Crippen molar-refractivity contribution in [3.63, 3.8) is 0 Å². The van der Waals surface area contributed by atoms with Crippen molar-refractivity contribution in [2.45, 2.75) is 13.8 Å². The molecule has 0 spiro atoms. The summed E-state index contributed by atoms with van der Waals surface area (Å²) in [6.07, 6.45) is 0. The molecule has 2 heterocycles. The predicted octanol–water partition coefficient (Wildman–Crippen LogP) is 3.26. The molecule has 0 aliphatic heterocycles. The fraction of sp³-hybridized carbons (Fsp3) is 0.176. The van der Waals surface area contributed by atoms with Crippen LogP contribution in [0.5, 0.6) is 5.95 Å². The fourth-order valence-electron chi connectivity index (χ4n) is 2.34. The van der Waals surface area contributed by atoms with Crippen molar-refractivity contribution in [3.8, 4) is 5.95 Å². The normalized spacial score (nSPS) is 10.7. The number of anilines is 1. The molecule has 0 bridgehead atoms. The smallest absolute Gasteiger partial charge is 0.336 e. The summed E-state index contributed by atoms with van der Waals surface area (Å²) in [5, 5.41) is 3.56. The van der Waals surface area contributed by atoms with Gasteiger partial charge in [0.25, 0.3) is 11.9 Å². The second-order valence-corrected chi connectivity index (χ2v) is 5.19. The molecule has 0 aliphatic carbocycles. The van der Waals surface area contributed by atoms with Crippen LogP contribution in [0.2, 0.25) is 0 Å². The number of nitrogens with one attached hydrogen (secondary N) is 1. The van der Waals surface area contributed by atoms with Crippen LogP contribution >= 0.6 is 0 Å². The SMILES string of the molecule is COc1ccc(C(=O)Nc2cc3c(C)cc(=O)oc3cc2C)o1. The van der Waals surface area contributed by atoms with E-state index in [4.69, 9.17) is 13.6 Å². The highest BCUT2D eigenvalue weighted by Gasteiger charge is 2.14. The summed E-state index contributed by atoms with van der Waals surface area (Å²) >= 11 is 0. The van der Waals surface area contributed by atoms with Gasteiger partial charge >= 0.3 is 5.63 Å². The van der Waals surface area contributed by atoms with Crippen molar-refractivity contribution in [1.29, 1.82) is 0 Å². The highest BCUT2D eigenvalue weighted by atomic mass is 16.6. The average molecular weight is 313 g/mol. The molecule has 0 aliphatic rings. The Bertz CT molecular complexity index is 951. The molecular formula is C17H15NO5. The van der Waals surface area contributed by atoms with E-state index in [9.17, 15) is 9.59 Å². The molecule has 0 unspecified atom stereocenters. The lowest BCUT2D eigenvalue weighted by Crippen LogP contribution is -2.12. The van der Waals surface area contributed by atoms with Crippen molar-refractivity contribution in [2.24, 2.45) is 0 Å². The Morgan fingerprint density at radius 2 is 1.87 bits per heavy atom. The third kappa shape index (κ3) is 2.83. The summed E-state index contributed by atoms with van der Waals surface area (Å²) in [7, 11) is 1.46. The van der Waals surface area contributed by atoms with Crippen LogP contribution in [0.3, 0.4) is 0 Å². The molecule has 23 heavy (non-hydrogen) atoms. The van der Waals surface area contributed by atoms with Gasteiger partial charge in [0.05, 0.1) is 7.11 Å². The molecule has 1 aromatic carbocycles. The molecule has 0 atom stereocenters. The van der Waals surface area contributed by atoms with Gasteiger partial charge in [-0.1, -0.05) is 0 Å². The second kappa shape index (κ2) is 5.64. The van der Waals surface area contributed by atoms with Crippen LogP contribution < -0.4 is 15.7 Å². The number of carbonyl (C=O) groups is 1. The number of hydrogen-bond donors (Lipinski definition) is 1. The third-order valence-corrected chi connectivity index (χ3v) is 3.55. The Hall–Kier alpha value is -3.02. The molecule has 0 radical (unpaired) electrons. The van der Waals surface area contributed by atoms with E-state index in [1.807, 2.05) is 13.8 Å². The van der Waals surface area contributed by atoms with E-state index >= 15 is 0 Å². The number of ether oxygens (including phenoxy) is 1. The van der Waals surface area contributed by atoms with Gasteiger partial charge in [0.15, 0.2) is 5.76 Å². The van der Waals surface area contributed by atoms with Gasteiger partial charge in [-0.25, -0.2) is 4.79 Å². The topological polar surface area (TPSA) is 81.7 Å². The summed E-state index contributed by atoms with van der Waals surface area (Å²) in [5.41, 5.74) is 2.28. The van der Waals surface area contributed by atoms with Crippen LogP contribution in [-0.2, 0) is 0 Å². The van der Waals surface area contributed by atoms with E-state index < -0.39 is 5.63 Å². The highest BCUT2D eigenvalue weighted by Crippen LogP contribution is 2.26. The first-order valence-electron chi connectivity index (χ1n) is 6.98. The number of carbonyl (C=O) groups excluding carboxylic acids is 1. The first kappa shape index (κ1) is 14.9. The van der Waals surface area contributed by atoms with Crippen LogP contribution in [0.15, 0.2) is 44.0 Å². The molecule has 0 saturated carbocycles. The second-order valence-electron chi connectivity index (χ2n) is 5.19. The van der Waals surface area contributed by atoms with E-state index in [1.54, 1.807) is 18.2 Å². The summed E-state index contributed by atoms with van der Waals surface area (Å²) in [6.45, 7) is 3.64. The molecule has 6 heteroatoms. The van der Waals surface area contributed by atoms with Gasteiger partial charge in [-0.3, -0.25) is 4.79 Å². The number of rotatable bonds is 3. The minimum Gasteiger partial charge on any atom is -0.468 e. The molecule has 0 fully saturated rings. The van der Waals surface area contributed by atoms with Crippen molar-refractivity contribution < 1.29 is 18.4 Å². The first-order chi connectivity index (χ1) is 11.0. The minimum absolute atomic E-state index is 0.151. The molecule has 0 saturated heterocycles. The van der Waals surface area contributed by atoms with Crippen LogP contribution in [0.25, 0.3) is 11.0 Å². The van der Waals surface area contributed by atoms with Crippen molar-refractivity contribution in [1.82, 2.24) is 0 Å². The third-order valence-electron chi connectivity index (χ3n) is 3.55. The van der Waals surface area contributed by atoms with Crippen molar-refractivity contribution >= 4 is 22.6 Å². The average Bonchev–Trinajstić information content (AvgIpc) is 2.97. The van der Waals surface area contributed by atoms with Crippen LogP contribution in [-0.4, -0.2) is 13.0 Å². The molecule has 1 N–H and O–H groups in total. The monoisotopic (exact) mass is 313 g/mol. The predicted molar refractivity (Wildman–Crippen MR) is 85.2 cm³/mol. The molecule has 3 rings (SSSR count). The zero-order valence-corrected chi connectivity index (χ0v) is 12.9. The zero-order chi connectivity index (χ0) is 16.6. The number of fused-ring (bicyclic) bond motifs is 1. The van der Waals surface area contributed by atoms with Crippen molar-refractivity contribution in [3.05, 3.63) is 57.6 Å². The maximum absolute atomic E-state index is 12.2. The molecule has 3 aromatic rings. The van der Waals surface area contributed by atoms with E-state index in [0.717, 1.165) is 16.5 Å². The van der Waals surface area contributed by atoms with Gasteiger partial charge in [-0.05, 0) is 43.2 Å². The fourth-order valence-corrected chi connectivity index (χ4v) is 2.34. The number of amides is 1. The highest BCUT2D eigenvalue weighted by molar-refractivity contribution is 6.04. The summed E-state index contributed by atoms with van der Waals surface area (Å²) in [5.74, 6) is 0.0338. The molecule has 6 nitrogen and oxygen atoms in total. The number of benzene rings is 1. The van der Waals surface area contributed by atoms with Gasteiger partial charge < -0.3 is 18.9 Å². The van der Waals surface area contributed by atoms with Crippen LogP contribution in [0.1, 0.15) is 21.7 Å². The van der Waals surface area contributed by atoms with Gasteiger partial charge in [0.2, 0.25) is 0 Å². The Morgan fingerprint density at radius 3 is 2.57 bits per heavy atom. The van der Waals surface area contributed by atoms with Gasteiger partial charge in [0, 0.05) is 23.2 Å². The lowest BCUT2D eigenvalue weighted by molar-refractivity contribution is 0.0990. The van der Waals surface area contributed by atoms with Crippen LogP contribution in [0.4, 0.5) is 5.69 Å². The molecule has 1 amide bonds. The van der Waals surface area contributed by atoms with Crippen LogP contribution in [0, 0.1) is 13.8 Å². The Morgan fingerprint density at radius 1 is 1.09 bits per heavy atom. The van der Waals surface area contributed by atoms with Gasteiger partial charge in [0.1, 0.15) is 5.58 Å². The minimum atomic E-state index is -0.395. The Labute approximate surface area is 131 Å². The number of furan rings is 1. The van der Waals surface area contributed by atoms with E-state index in [1.165, 1.54) is 19.2 Å². The van der Waals surface area contributed by atoms with E-state index in [0.29, 0.717) is 11.3 Å². The molecule has 118 valence electrons. The van der Waals surface area contributed by atoms with Gasteiger partial charge in [-0.15, -0.1) is 0 Å². The molecule has 2 aromatic heterocycles. The van der Waals surface area contributed by atoms with Gasteiger partial charge in [-0.2, -0.15) is 0 Å². The summed E-state index contributed by atoms with van der Waals surface area (Å²) in [4.78, 5) is 23.7. The zero-order valence-electron chi connectivity index (χ0n) is 12.9. The maximum atomic E-state index is 12.2. The Kier molecular flexibility index (Phi) is 3.65. The van der Waals surface area contributed by atoms with E-state index in [2.05, 4.69) is 5.32 Å². The quantitative estimate of drug-likeness (QED) is 0.750. The number of methoxy groups -OCH3 is 1. The summed E-state index contributed by atoms with van der Waals surface area (Å²) < 4.78 is 15.3. The molecular weight excluding hydrogens is 298 g/mol. The summed E-state index contributed by atoms with van der Waals surface area (Å²) in [6, 6.07) is 8.03. The van der Waals surface area contributed by atoms with E-state index in [-0.39, 0.29) is 17.6 Å². The first-order valence-corrected chi connectivity index (χ1v) is 6.98. The number of hydrogen-bond acceptors (Lipinski definition) is 5.